The molecule has 0 saturated heterocycles. The van der Waals surface area contributed by atoms with Crippen LogP contribution in [-0.4, -0.2) is 42.2 Å². The lowest BCUT2D eigenvalue weighted by molar-refractivity contribution is 0.0864. The van der Waals surface area contributed by atoms with Gasteiger partial charge in [-0.25, -0.2) is 0 Å². The summed E-state index contributed by atoms with van der Waals surface area (Å²) in [6.45, 7) is 0. The lowest BCUT2D eigenvalue weighted by Gasteiger charge is -2.28. The van der Waals surface area contributed by atoms with Gasteiger partial charge in [-0.2, -0.15) is 4.98 Å². The zero-order chi connectivity index (χ0) is 20.2. The molecule has 0 unspecified atom stereocenters. The molecule has 152 valence electrons. The maximum absolute atomic E-state index is 12.6. The van der Waals surface area contributed by atoms with E-state index in [1.807, 2.05) is 12.1 Å². The van der Waals surface area contributed by atoms with Crippen LogP contribution < -0.4 is 19.5 Å². The number of ether oxygens (including phenoxy) is 3. The minimum Gasteiger partial charge on any atom is -0.497 e. The Morgan fingerprint density at radius 2 is 1.86 bits per heavy atom. The van der Waals surface area contributed by atoms with Gasteiger partial charge in [0.1, 0.15) is 17.4 Å². The molecule has 0 bridgehead atoms. The first-order chi connectivity index (χ1) is 14.1. The number of amides is 1. The lowest BCUT2D eigenvalue weighted by Crippen LogP contribution is -2.39. The summed E-state index contributed by atoms with van der Waals surface area (Å²) in [5, 5.41) is 3.90. The van der Waals surface area contributed by atoms with E-state index in [1.165, 1.54) is 6.20 Å². The minimum absolute atomic E-state index is 0.0447. The van der Waals surface area contributed by atoms with Gasteiger partial charge in [-0.3, -0.25) is 9.78 Å². The van der Waals surface area contributed by atoms with Gasteiger partial charge in [-0.1, -0.05) is 0 Å². The number of carbonyl (C=O) groups excluding carboxylic acids is 1. The van der Waals surface area contributed by atoms with Gasteiger partial charge in [-0.15, -0.1) is 0 Å². The van der Waals surface area contributed by atoms with Gasteiger partial charge in [0.15, 0.2) is 5.76 Å². The average Bonchev–Trinajstić information content (AvgIpc) is 3.19. The van der Waals surface area contributed by atoms with Crippen molar-refractivity contribution in [2.75, 3.05) is 14.2 Å². The molecule has 1 saturated carbocycles. The van der Waals surface area contributed by atoms with Crippen molar-refractivity contribution in [1.29, 1.82) is 0 Å². The van der Waals surface area contributed by atoms with Crippen molar-refractivity contribution in [2.45, 2.75) is 37.8 Å². The number of furan rings is 1. The number of fused-ring (bicyclic) bond motifs is 1. The van der Waals surface area contributed by atoms with Crippen molar-refractivity contribution in [2.24, 2.45) is 0 Å². The average molecular weight is 397 g/mol. The zero-order valence-electron chi connectivity index (χ0n) is 16.4. The number of hydrogen-bond donors (Lipinski definition) is 1. The Hall–Kier alpha value is -3.29. The molecular weight excluding hydrogens is 374 g/mol. The normalized spacial score (nSPS) is 19.0. The Morgan fingerprint density at radius 3 is 2.62 bits per heavy atom. The van der Waals surface area contributed by atoms with Crippen LogP contribution in [0.1, 0.15) is 36.2 Å². The Kier molecular flexibility index (Phi) is 5.50. The van der Waals surface area contributed by atoms with Crippen molar-refractivity contribution in [3.63, 3.8) is 0 Å². The molecule has 1 fully saturated rings. The third-order valence-electron chi connectivity index (χ3n) is 5.04. The van der Waals surface area contributed by atoms with Crippen LogP contribution in [0, 0.1) is 0 Å². The molecule has 4 rings (SSSR count). The highest BCUT2D eigenvalue weighted by Gasteiger charge is 2.25. The van der Waals surface area contributed by atoms with E-state index in [0.717, 1.165) is 36.8 Å². The maximum Gasteiger partial charge on any atom is 0.287 e. The molecule has 1 aliphatic carbocycles. The van der Waals surface area contributed by atoms with Crippen molar-refractivity contribution < 1.29 is 23.4 Å². The van der Waals surface area contributed by atoms with E-state index in [1.54, 1.807) is 32.5 Å². The second kappa shape index (κ2) is 8.38. The Balaban J connectivity index is 1.31. The van der Waals surface area contributed by atoms with Gasteiger partial charge in [0.2, 0.25) is 11.8 Å². The predicted octanol–water partition coefficient (Wildman–Crippen LogP) is 3.36. The van der Waals surface area contributed by atoms with Gasteiger partial charge in [0.05, 0.1) is 26.6 Å². The molecule has 8 nitrogen and oxygen atoms in total. The van der Waals surface area contributed by atoms with Crippen LogP contribution in [0.2, 0.25) is 0 Å². The monoisotopic (exact) mass is 397 g/mol. The van der Waals surface area contributed by atoms with Crippen LogP contribution >= 0.6 is 0 Å². The SMILES string of the molecule is COc1ccc2oc(C(=O)NC3CCC(Oc4cncc(OC)n4)CC3)cc2c1. The van der Waals surface area contributed by atoms with Gasteiger partial charge in [0, 0.05) is 11.4 Å². The summed E-state index contributed by atoms with van der Waals surface area (Å²) in [6, 6.07) is 7.28. The van der Waals surface area contributed by atoms with Crippen LogP contribution in [0.15, 0.2) is 41.1 Å². The highest BCUT2D eigenvalue weighted by Crippen LogP contribution is 2.26. The third-order valence-corrected chi connectivity index (χ3v) is 5.04. The van der Waals surface area contributed by atoms with Crippen LogP contribution in [0.25, 0.3) is 11.0 Å². The van der Waals surface area contributed by atoms with E-state index >= 15 is 0 Å². The number of carbonyl (C=O) groups is 1. The van der Waals surface area contributed by atoms with Gasteiger partial charge in [-0.05, 0) is 49.9 Å². The fraction of sp³-hybridized carbons (Fsp3) is 0.381. The van der Waals surface area contributed by atoms with Crippen LogP contribution in [0.4, 0.5) is 0 Å². The second-order valence-corrected chi connectivity index (χ2v) is 6.98. The fourth-order valence-corrected chi connectivity index (χ4v) is 3.50. The number of nitrogens with one attached hydrogen (secondary N) is 1. The van der Waals surface area contributed by atoms with Crippen molar-refractivity contribution in [3.8, 4) is 17.5 Å². The quantitative estimate of drug-likeness (QED) is 0.681. The molecule has 0 aliphatic heterocycles. The topological polar surface area (TPSA) is 95.7 Å². The molecule has 29 heavy (non-hydrogen) atoms. The summed E-state index contributed by atoms with van der Waals surface area (Å²) in [5.74, 6) is 1.70. The first kappa shape index (κ1) is 19.0. The highest BCUT2D eigenvalue weighted by atomic mass is 16.5. The predicted molar refractivity (Wildman–Crippen MR) is 105 cm³/mol. The molecule has 2 heterocycles. The molecule has 1 aromatic carbocycles. The number of aromatic nitrogens is 2. The highest BCUT2D eigenvalue weighted by molar-refractivity contribution is 5.96. The largest absolute Gasteiger partial charge is 0.497 e. The van der Waals surface area contributed by atoms with E-state index in [0.29, 0.717) is 23.1 Å². The third kappa shape index (κ3) is 4.42. The van der Waals surface area contributed by atoms with E-state index in [4.69, 9.17) is 18.6 Å². The Bertz CT molecular complexity index is 995. The van der Waals surface area contributed by atoms with Gasteiger partial charge >= 0.3 is 0 Å². The summed E-state index contributed by atoms with van der Waals surface area (Å²) < 4.78 is 21.8. The van der Waals surface area contributed by atoms with E-state index in [-0.39, 0.29) is 18.1 Å². The molecule has 0 radical (unpaired) electrons. The lowest BCUT2D eigenvalue weighted by atomic mass is 9.93. The summed E-state index contributed by atoms with van der Waals surface area (Å²) in [7, 11) is 3.15. The summed E-state index contributed by atoms with van der Waals surface area (Å²) in [4.78, 5) is 20.9. The fourth-order valence-electron chi connectivity index (χ4n) is 3.50. The molecule has 0 atom stereocenters. The molecule has 1 aliphatic rings. The molecule has 8 heteroatoms. The summed E-state index contributed by atoms with van der Waals surface area (Å²) in [6.07, 6.45) is 6.44. The Morgan fingerprint density at radius 1 is 1.07 bits per heavy atom. The second-order valence-electron chi connectivity index (χ2n) is 6.98. The van der Waals surface area contributed by atoms with Crippen LogP contribution in [0.3, 0.4) is 0 Å². The van der Waals surface area contributed by atoms with Gasteiger partial charge < -0.3 is 23.9 Å². The number of hydrogen-bond acceptors (Lipinski definition) is 7. The molecule has 3 aromatic rings. The Labute approximate surface area is 168 Å². The zero-order valence-corrected chi connectivity index (χ0v) is 16.4. The van der Waals surface area contributed by atoms with Crippen LogP contribution in [0.5, 0.6) is 17.5 Å². The number of nitrogens with zero attached hydrogens (tertiary/aromatic N) is 2. The van der Waals surface area contributed by atoms with Crippen molar-refractivity contribution in [3.05, 3.63) is 42.4 Å². The number of methoxy groups -OCH3 is 2. The molecular formula is C21H23N3O5. The maximum atomic E-state index is 12.6. The molecule has 0 spiro atoms. The van der Waals surface area contributed by atoms with E-state index in [9.17, 15) is 4.79 Å². The number of benzene rings is 1. The van der Waals surface area contributed by atoms with Gasteiger partial charge in [0.25, 0.3) is 5.91 Å². The summed E-state index contributed by atoms with van der Waals surface area (Å²) >= 11 is 0. The first-order valence-corrected chi connectivity index (χ1v) is 9.55. The van der Waals surface area contributed by atoms with Crippen molar-refractivity contribution in [1.82, 2.24) is 15.3 Å². The van der Waals surface area contributed by atoms with E-state index in [2.05, 4.69) is 15.3 Å². The minimum atomic E-state index is -0.205. The standard InChI is InChI=1S/C21H23N3O5/c1-26-16-7-8-17-13(9-16)10-18(29-17)21(25)23-14-3-5-15(6-4-14)28-20-12-22-11-19(24-20)27-2/h7-12,14-15H,3-6H2,1-2H3,(H,23,25). The van der Waals surface area contributed by atoms with Crippen LogP contribution in [-0.2, 0) is 0 Å². The molecule has 1 amide bonds. The molecule has 2 aromatic heterocycles. The number of rotatable bonds is 6. The summed E-state index contributed by atoms with van der Waals surface area (Å²) in [5.41, 5.74) is 0.660. The first-order valence-electron chi connectivity index (χ1n) is 9.55. The molecule has 1 N–H and O–H groups in total. The van der Waals surface area contributed by atoms with Crippen molar-refractivity contribution >= 4 is 16.9 Å². The smallest absolute Gasteiger partial charge is 0.287 e. The van der Waals surface area contributed by atoms with E-state index < -0.39 is 0 Å².